The number of aliphatic carboxylic acids is 2. The van der Waals surface area contributed by atoms with Crippen molar-refractivity contribution in [3.63, 3.8) is 0 Å². The third-order valence-electron chi connectivity index (χ3n) is 5.74. The Morgan fingerprint density at radius 2 is 1.70 bits per heavy atom. The van der Waals surface area contributed by atoms with Crippen molar-refractivity contribution in [3.8, 4) is 11.5 Å². The van der Waals surface area contributed by atoms with Crippen LogP contribution >= 0.6 is 0 Å². The van der Waals surface area contributed by atoms with Gasteiger partial charge < -0.3 is 30.0 Å². The fourth-order valence-corrected chi connectivity index (χ4v) is 3.96. The zero-order valence-electron chi connectivity index (χ0n) is 22.1. The summed E-state index contributed by atoms with van der Waals surface area (Å²) in [5.41, 5.74) is 1.79. The molecule has 230 valence electrons. The lowest BCUT2D eigenvalue weighted by atomic mass is 9.88. The summed E-state index contributed by atoms with van der Waals surface area (Å²) >= 11 is 0. The molecule has 0 fully saturated rings. The first-order valence-corrected chi connectivity index (χ1v) is 12.5. The number of nitrogens with zero attached hydrogens (tertiary/aromatic N) is 1. The van der Waals surface area contributed by atoms with Crippen LogP contribution in [0.25, 0.3) is 10.9 Å². The largest absolute Gasteiger partial charge is 0.573 e. The molecule has 4 rings (SSSR count). The summed E-state index contributed by atoms with van der Waals surface area (Å²) in [5.74, 6) is -3.47. The average molecular weight is 614 g/mol. The monoisotopic (exact) mass is 613 g/mol. The van der Waals surface area contributed by atoms with Crippen molar-refractivity contribution >= 4 is 28.7 Å². The van der Waals surface area contributed by atoms with E-state index in [-0.39, 0.29) is 6.42 Å². The van der Waals surface area contributed by atoms with Gasteiger partial charge in [0, 0.05) is 41.8 Å². The number of carboxylic acid groups (broad SMARTS) is 2. The first-order valence-electron chi connectivity index (χ1n) is 12.5. The molecule has 0 aliphatic rings. The Morgan fingerprint density at radius 1 is 0.953 bits per heavy atom. The summed E-state index contributed by atoms with van der Waals surface area (Å²) < 4.78 is 79.6. The van der Waals surface area contributed by atoms with Crippen LogP contribution in [0.4, 0.5) is 32.2 Å². The zero-order valence-corrected chi connectivity index (χ0v) is 22.1. The summed E-state index contributed by atoms with van der Waals surface area (Å²) in [7, 11) is 0. The van der Waals surface area contributed by atoms with Gasteiger partial charge in [0.15, 0.2) is 0 Å². The van der Waals surface area contributed by atoms with E-state index in [2.05, 4.69) is 20.0 Å². The van der Waals surface area contributed by atoms with Crippen LogP contribution in [0.2, 0.25) is 0 Å². The van der Waals surface area contributed by atoms with Crippen molar-refractivity contribution < 1.29 is 55.6 Å². The van der Waals surface area contributed by atoms with Crippen LogP contribution in [-0.4, -0.2) is 57.8 Å². The number of aromatic nitrogens is 2. The Balaban J connectivity index is 0.000000646. The Morgan fingerprint density at radius 3 is 2.33 bits per heavy atom. The van der Waals surface area contributed by atoms with Crippen LogP contribution in [0.5, 0.6) is 11.5 Å². The minimum Gasteiger partial charge on any atom is -0.493 e. The lowest BCUT2D eigenvalue weighted by molar-refractivity contribution is -0.274. The van der Waals surface area contributed by atoms with Crippen LogP contribution < -0.4 is 14.8 Å². The average Bonchev–Trinajstić information content (AvgIpc) is 3.34. The Bertz CT molecular complexity index is 1510. The van der Waals surface area contributed by atoms with E-state index in [0.717, 1.165) is 23.1 Å². The standard InChI is InChI=1S/C26H24F3N3O4.C2HF3O2/c27-26(28,29)36-19-6-3-5-17(13-19)21(15-25(33)34)22-16-32-23-14-18(8-9-20(22)23)35-12-4-11-31-24-7-1-2-10-30-24;3-2(4,5)1(6)7/h1-3,5-10,13-14,16,21,32H,4,11-12,15H2,(H,30,31)(H,33,34);(H,6,7). The molecule has 15 heteroatoms. The molecule has 2 aromatic heterocycles. The second kappa shape index (κ2) is 14.3. The molecule has 0 radical (unpaired) electrons. The summed E-state index contributed by atoms with van der Waals surface area (Å²) in [5, 5.41) is 20.6. The molecule has 43 heavy (non-hydrogen) atoms. The van der Waals surface area contributed by atoms with Crippen molar-refractivity contribution in [1.29, 1.82) is 0 Å². The quantitative estimate of drug-likeness (QED) is 0.110. The fourth-order valence-electron chi connectivity index (χ4n) is 3.96. The number of pyridine rings is 1. The molecular formula is C28H25F6N3O6. The van der Waals surface area contributed by atoms with Gasteiger partial charge in [0.25, 0.3) is 0 Å². The van der Waals surface area contributed by atoms with Gasteiger partial charge in [-0.05, 0) is 53.9 Å². The van der Waals surface area contributed by atoms with Gasteiger partial charge >= 0.3 is 24.5 Å². The molecule has 9 nitrogen and oxygen atoms in total. The van der Waals surface area contributed by atoms with Gasteiger partial charge in [-0.25, -0.2) is 9.78 Å². The summed E-state index contributed by atoms with van der Waals surface area (Å²) in [6.45, 7) is 1.17. The Hall–Kier alpha value is -4.95. The van der Waals surface area contributed by atoms with Crippen molar-refractivity contribution in [3.05, 3.63) is 84.2 Å². The van der Waals surface area contributed by atoms with E-state index in [4.69, 9.17) is 14.6 Å². The lowest BCUT2D eigenvalue weighted by Crippen LogP contribution is -2.21. The maximum absolute atomic E-state index is 12.7. The van der Waals surface area contributed by atoms with Gasteiger partial charge in [-0.3, -0.25) is 4.79 Å². The van der Waals surface area contributed by atoms with Crippen LogP contribution in [-0.2, 0) is 9.59 Å². The molecule has 0 amide bonds. The van der Waals surface area contributed by atoms with E-state index in [1.807, 2.05) is 30.3 Å². The number of benzene rings is 2. The van der Waals surface area contributed by atoms with E-state index < -0.39 is 36.1 Å². The highest BCUT2D eigenvalue weighted by atomic mass is 19.4. The van der Waals surface area contributed by atoms with Crippen LogP contribution in [0.3, 0.4) is 0 Å². The number of hydrogen-bond donors (Lipinski definition) is 4. The van der Waals surface area contributed by atoms with E-state index in [1.54, 1.807) is 24.5 Å². The molecule has 1 unspecified atom stereocenters. The number of carboxylic acids is 2. The number of nitrogens with one attached hydrogen (secondary N) is 2. The van der Waals surface area contributed by atoms with E-state index >= 15 is 0 Å². The van der Waals surface area contributed by atoms with E-state index in [0.29, 0.717) is 30.0 Å². The number of carbonyl (C=O) groups is 2. The number of halogens is 6. The fraction of sp³-hybridized carbons (Fsp3) is 0.250. The second-order valence-corrected chi connectivity index (χ2v) is 8.87. The van der Waals surface area contributed by atoms with Gasteiger partial charge in [-0.15, -0.1) is 13.2 Å². The zero-order chi connectivity index (χ0) is 31.6. The van der Waals surface area contributed by atoms with Crippen molar-refractivity contribution in [2.24, 2.45) is 0 Å². The first kappa shape index (κ1) is 32.6. The maximum Gasteiger partial charge on any atom is 0.573 e. The highest BCUT2D eigenvalue weighted by Crippen LogP contribution is 2.36. The molecule has 0 saturated carbocycles. The van der Waals surface area contributed by atoms with Crippen LogP contribution in [0.15, 0.2) is 73.1 Å². The number of hydrogen-bond acceptors (Lipinski definition) is 6. The number of aromatic amines is 1. The number of fused-ring (bicyclic) bond motifs is 1. The minimum atomic E-state index is -5.08. The van der Waals surface area contributed by atoms with Crippen LogP contribution in [0, 0.1) is 0 Å². The van der Waals surface area contributed by atoms with Crippen molar-refractivity contribution in [1.82, 2.24) is 9.97 Å². The van der Waals surface area contributed by atoms with Gasteiger partial charge in [0.1, 0.15) is 17.3 Å². The topological polar surface area (TPSA) is 134 Å². The van der Waals surface area contributed by atoms with E-state index in [1.165, 1.54) is 18.2 Å². The lowest BCUT2D eigenvalue weighted by Gasteiger charge is -2.17. The molecule has 0 aliphatic heterocycles. The number of alkyl halides is 6. The molecular weight excluding hydrogens is 588 g/mol. The summed E-state index contributed by atoms with van der Waals surface area (Å²) in [4.78, 5) is 27.8. The molecule has 4 aromatic rings. The third-order valence-corrected chi connectivity index (χ3v) is 5.74. The molecule has 0 bridgehead atoms. The maximum atomic E-state index is 12.7. The Labute approximate surface area is 240 Å². The summed E-state index contributed by atoms with van der Waals surface area (Å²) in [6, 6.07) is 16.4. The van der Waals surface area contributed by atoms with Gasteiger partial charge in [-0.2, -0.15) is 13.2 Å². The van der Waals surface area contributed by atoms with Crippen molar-refractivity contribution in [2.75, 3.05) is 18.5 Å². The first-order chi connectivity index (χ1) is 20.2. The highest BCUT2D eigenvalue weighted by Gasteiger charge is 2.38. The predicted octanol–water partition coefficient (Wildman–Crippen LogP) is 6.58. The molecule has 0 aliphatic carbocycles. The SMILES string of the molecule is O=C(O)C(F)(F)F.O=C(O)CC(c1cccc(OC(F)(F)F)c1)c1c[nH]c2cc(OCCCNc3ccccn3)ccc12. The van der Waals surface area contributed by atoms with E-state index in [9.17, 15) is 36.2 Å². The number of anilines is 1. The van der Waals surface area contributed by atoms with Crippen molar-refractivity contribution in [2.45, 2.75) is 31.3 Å². The molecule has 2 aromatic carbocycles. The summed E-state index contributed by atoms with van der Waals surface area (Å²) in [6.07, 6.45) is -6.08. The molecule has 0 spiro atoms. The van der Waals surface area contributed by atoms with Gasteiger partial charge in [0.2, 0.25) is 0 Å². The second-order valence-electron chi connectivity index (χ2n) is 8.87. The number of H-pyrrole nitrogens is 1. The molecule has 1 atom stereocenters. The van der Waals surface area contributed by atoms with Crippen LogP contribution in [0.1, 0.15) is 29.9 Å². The number of ether oxygens (including phenoxy) is 2. The Kier molecular flexibility index (Phi) is 10.8. The smallest absolute Gasteiger partial charge is 0.493 e. The number of rotatable bonds is 11. The molecule has 2 heterocycles. The predicted molar refractivity (Wildman–Crippen MR) is 142 cm³/mol. The minimum absolute atomic E-state index is 0.302. The molecule has 0 saturated heterocycles. The molecule has 4 N–H and O–H groups in total. The van der Waals surface area contributed by atoms with Gasteiger partial charge in [0.05, 0.1) is 13.0 Å². The third kappa shape index (κ3) is 10.4. The normalized spacial score (nSPS) is 12.1. The highest BCUT2D eigenvalue weighted by molar-refractivity contribution is 5.86. The van der Waals surface area contributed by atoms with Gasteiger partial charge in [-0.1, -0.05) is 18.2 Å².